The summed E-state index contributed by atoms with van der Waals surface area (Å²) in [7, 11) is 5.00. The number of hydrogen-bond donors (Lipinski definition) is 19. The number of thioether (sulfide) groups is 1. The third kappa shape index (κ3) is 28.8. The lowest BCUT2D eigenvalue weighted by atomic mass is 10.00. The minimum absolute atomic E-state index is 0.103. The number of unbranched alkanes of at least 4 members (excludes halogenated alkanes) is 2. The predicted molar refractivity (Wildman–Crippen MR) is 496 cm³/mol. The molecule has 0 radical (unpaired) electrons. The summed E-state index contributed by atoms with van der Waals surface area (Å²) in [5.41, 5.74) is 18.9. The van der Waals surface area contributed by atoms with Crippen LogP contribution in [-0.2, 0) is 123 Å². The van der Waals surface area contributed by atoms with Gasteiger partial charge in [0.15, 0.2) is 6.04 Å². The summed E-state index contributed by atoms with van der Waals surface area (Å²) in [5, 5.41) is 69.8. The molecule has 6 heterocycles. The molecule has 0 saturated carbocycles. The second kappa shape index (κ2) is 50.9. The van der Waals surface area contributed by atoms with Gasteiger partial charge in [0.2, 0.25) is 100 Å². The van der Waals surface area contributed by atoms with Gasteiger partial charge in [-0.15, -0.1) is 18.2 Å². The van der Waals surface area contributed by atoms with Crippen molar-refractivity contribution in [3.05, 3.63) is 120 Å². The molecule has 744 valence electrons. The lowest BCUT2D eigenvalue weighted by molar-refractivity contribution is -0.149. The van der Waals surface area contributed by atoms with Gasteiger partial charge in [0.25, 0.3) is 5.91 Å². The Morgan fingerprint density at radius 1 is 0.572 bits per heavy atom. The Bertz CT molecular complexity index is 5470. The molecule has 0 bridgehead atoms. The minimum Gasteiger partial charge on any atom is -0.497 e. The Labute approximate surface area is 797 Å². The molecule has 15 atom stereocenters. The van der Waals surface area contributed by atoms with Crippen LogP contribution in [0.25, 0.3) is 21.8 Å². The number of aromatic nitrogens is 4. The maximum Gasteiger partial charge on any atom is 0.323 e. The van der Waals surface area contributed by atoms with Crippen LogP contribution in [0.5, 0.6) is 5.75 Å². The standard InChI is InChI=1S/C91H120N22O24S/c1-8-11-21-69-84(129)106-65(45-115)82(127)107-66(78(123)97-40-75(94)119)46-138-47-76(120)99-61(32-49-25-27-54(137-7)28-26-49)87(132)108(4)67(10-3)83(128)104-63(37-74(93)118)90(135)112-31-17-24-70(112)85(130)102-60(35-52-39-95-48-98-52)80(125)100-58(29-30-73(92)117)89(134)113-42-53(116)36-72(113)86(131)101-59(33-50-38-96-57-20-15-13-18-55(50)57)79(124)105-64(44-114)81(126)103-62(88(133)110(6)71(22-12-9-2)91(136)109(69)5)34-51-41-111(43-77(121)122)68-23-16-14-19-56(51)68/h3,13-16,18-20,23,25-28,38-39,41,48,53,58-67,69-72,96,114-116H,8-9,11-12,17,21-22,24,29-37,40,42-47H2,1-2,4-7H3,(H2,92,117)(H2,93,118)(H2,94,119)(H,95,98)(H,97,123)(H,99,120)(H,100,125)(H,101,131)(H,102,130)(H,103,126)(H,104,128)(H,105,124)(H,106,129)(H,107,127)(H,121,122)/t53-,58+,59+,60+,61?,62+,63+,64+,65+,66+,67+,69+,70?,71+,72+/m1/s1. The smallest absolute Gasteiger partial charge is 0.323 e. The van der Waals surface area contributed by atoms with E-state index >= 15 is 33.6 Å². The molecule has 3 aromatic heterocycles. The molecule has 22 N–H and O–H groups in total. The third-order valence-corrected chi connectivity index (χ3v) is 25.1. The number of carboxylic acid groups (broad SMARTS) is 1. The van der Waals surface area contributed by atoms with Crippen LogP contribution in [0.2, 0.25) is 0 Å². The molecule has 9 rings (SSSR count). The molecule has 6 aromatic rings. The Hall–Kier alpha value is -14.5. The average molecular weight is 1940 g/mol. The molecule has 2 unspecified atom stereocenters. The van der Waals surface area contributed by atoms with E-state index in [2.05, 4.69) is 74.0 Å². The van der Waals surface area contributed by atoms with Crippen LogP contribution >= 0.6 is 11.8 Å². The number of benzene rings is 3. The number of likely N-dealkylation sites (N-methyl/N-ethyl adjacent to an activating group) is 3. The van der Waals surface area contributed by atoms with Crippen LogP contribution in [0.3, 0.4) is 0 Å². The number of ether oxygens (including phenoxy) is 1. The number of methoxy groups -OCH3 is 1. The van der Waals surface area contributed by atoms with E-state index in [-0.39, 0.29) is 62.7 Å². The highest BCUT2D eigenvalue weighted by atomic mass is 32.2. The summed E-state index contributed by atoms with van der Waals surface area (Å²) in [5.74, 6) is -19.1. The molecule has 3 aliphatic rings. The van der Waals surface area contributed by atoms with Crippen molar-refractivity contribution in [1.29, 1.82) is 0 Å². The SMILES string of the molecule is C#C[C@H]1C(=O)N[C@@H](CC(N)=O)C(=O)N2CCCC2C(=O)N[C@@H](Cc2c[nH]cn2)C(=O)N[C@@H](CCC(N)=O)C(=O)N2C[C@H](O)C[C@H]2C(=O)N[C@@H](Cc2c[nH]c3ccccc23)C(=O)N[C@@H](CO)C(=O)N[C@@H](Cc2cn(CC(=O)O)c3ccccc23)C(=O)N(C)[C@@H](CCCC)C(=O)N(C)[C@@H](CCCC)C(=O)N[C@@H](CO)C(=O)N[C@H](C(=O)NCC(N)=O)CSCC(=O)NC(Cc2ccc(OC)cc2)C(=O)N1C. The highest BCUT2D eigenvalue weighted by molar-refractivity contribution is 8.00. The summed E-state index contributed by atoms with van der Waals surface area (Å²) >= 11 is 0.691. The minimum atomic E-state index is -2.02. The van der Waals surface area contributed by atoms with Crippen LogP contribution in [-0.4, -0.2) is 340 Å². The lowest BCUT2D eigenvalue weighted by Crippen LogP contribution is -2.62. The van der Waals surface area contributed by atoms with Crippen molar-refractivity contribution in [3.63, 3.8) is 0 Å². The normalized spacial score (nSPS) is 24.3. The lowest BCUT2D eigenvalue weighted by Gasteiger charge is -2.36. The van der Waals surface area contributed by atoms with Crippen molar-refractivity contribution >= 4 is 146 Å². The number of fused-ring (bicyclic) bond motifs is 4. The van der Waals surface area contributed by atoms with Crippen molar-refractivity contribution in [2.75, 3.05) is 72.6 Å². The second-order valence-electron chi connectivity index (χ2n) is 33.9. The van der Waals surface area contributed by atoms with E-state index in [1.807, 2.05) is 0 Å². The largest absolute Gasteiger partial charge is 0.497 e. The maximum absolute atomic E-state index is 15.8. The number of nitrogens with two attached hydrogens (primary N) is 3. The van der Waals surface area contributed by atoms with Gasteiger partial charge in [0, 0.05) is 119 Å². The number of carbonyl (C=O) groups excluding carboxylic acids is 18. The highest BCUT2D eigenvalue weighted by Crippen LogP contribution is 2.29. The number of aliphatic hydroxyl groups excluding tert-OH is 3. The topological polar surface area (TPSA) is 678 Å². The zero-order valence-electron chi connectivity index (χ0n) is 77.2. The number of hydrogen-bond acceptors (Lipinski definition) is 25. The molecule has 3 aliphatic heterocycles. The van der Waals surface area contributed by atoms with E-state index < -0.39 is 292 Å². The van der Waals surface area contributed by atoms with Gasteiger partial charge in [-0.25, -0.2) is 4.98 Å². The number of para-hydroxylation sites is 2. The van der Waals surface area contributed by atoms with Gasteiger partial charge in [0.1, 0.15) is 90.8 Å². The number of nitrogens with zero attached hydrogens (tertiary/aromatic N) is 7. The number of carboxylic acids is 1. The number of aliphatic hydroxyl groups is 3. The van der Waals surface area contributed by atoms with E-state index in [1.54, 1.807) is 86.6 Å². The van der Waals surface area contributed by atoms with E-state index in [9.17, 15) is 78.0 Å². The van der Waals surface area contributed by atoms with Gasteiger partial charge < -0.3 is 135 Å². The fourth-order valence-electron chi connectivity index (χ4n) is 16.7. The molecular weight excluding hydrogens is 1820 g/mol. The average Bonchev–Trinajstić information content (AvgIpc) is 1.65. The van der Waals surface area contributed by atoms with Crippen LogP contribution in [0.1, 0.15) is 113 Å². The van der Waals surface area contributed by atoms with Gasteiger partial charge in [-0.05, 0) is 73.1 Å². The first-order chi connectivity index (χ1) is 65.8. The Morgan fingerprint density at radius 2 is 1.14 bits per heavy atom. The second-order valence-corrected chi connectivity index (χ2v) is 35.0. The van der Waals surface area contributed by atoms with E-state index in [0.29, 0.717) is 63.3 Å². The zero-order chi connectivity index (χ0) is 101. The Morgan fingerprint density at radius 3 is 1.76 bits per heavy atom. The molecule has 18 amide bonds. The number of terminal acetylenes is 1. The Balaban J connectivity index is 1.11. The first kappa shape index (κ1) is 107. The number of rotatable bonds is 27. The number of aromatic amines is 2. The number of aliphatic carboxylic acids is 1. The summed E-state index contributed by atoms with van der Waals surface area (Å²) in [6.45, 7) is -0.964. The number of nitrogens with one attached hydrogen (secondary N) is 12. The maximum atomic E-state index is 15.8. The van der Waals surface area contributed by atoms with Gasteiger partial charge in [-0.3, -0.25) is 91.1 Å². The summed E-state index contributed by atoms with van der Waals surface area (Å²) in [6.07, 6.45) is 6.99. The third-order valence-electron chi connectivity index (χ3n) is 24.0. The van der Waals surface area contributed by atoms with Crippen LogP contribution in [0.4, 0.5) is 0 Å². The van der Waals surface area contributed by atoms with E-state index in [1.165, 1.54) is 50.7 Å². The fraction of sp³-hybridized carbons (Fsp3) is 0.495. The van der Waals surface area contributed by atoms with Crippen molar-refractivity contribution in [2.24, 2.45) is 17.2 Å². The molecule has 0 aliphatic carbocycles. The number of amides is 18. The first-order valence-electron chi connectivity index (χ1n) is 45.0. The van der Waals surface area contributed by atoms with Crippen molar-refractivity contribution < 1.29 is 116 Å². The first-order valence-corrected chi connectivity index (χ1v) is 46.1. The fourth-order valence-corrected chi connectivity index (χ4v) is 17.6. The summed E-state index contributed by atoms with van der Waals surface area (Å²) in [4.78, 5) is 289. The molecule has 47 heteroatoms. The van der Waals surface area contributed by atoms with E-state index in [0.717, 1.165) is 31.5 Å². The molecule has 138 heavy (non-hydrogen) atoms. The van der Waals surface area contributed by atoms with Crippen molar-refractivity contribution in [3.8, 4) is 18.1 Å². The highest BCUT2D eigenvalue weighted by Gasteiger charge is 2.47. The number of imidazole rings is 1. The zero-order valence-corrected chi connectivity index (χ0v) is 78.0. The van der Waals surface area contributed by atoms with Crippen LogP contribution < -0.4 is 75.1 Å². The molecule has 0 spiro atoms. The van der Waals surface area contributed by atoms with Gasteiger partial charge >= 0.3 is 5.97 Å². The van der Waals surface area contributed by atoms with Crippen LogP contribution in [0.15, 0.2) is 97.7 Å². The number of H-pyrrole nitrogens is 2. The van der Waals surface area contributed by atoms with Gasteiger partial charge in [0.05, 0.1) is 57.2 Å². The van der Waals surface area contributed by atoms with Gasteiger partial charge in [-0.2, -0.15) is 0 Å². The Kier molecular flexibility index (Phi) is 39.5. The molecule has 3 aromatic carbocycles. The molecular formula is C91H120N22O24S. The summed E-state index contributed by atoms with van der Waals surface area (Å²) in [6, 6.07) is -4.90. The number of primary amides is 3. The van der Waals surface area contributed by atoms with E-state index in [4.69, 9.17) is 28.4 Å². The van der Waals surface area contributed by atoms with Crippen LogP contribution in [0, 0.1) is 12.3 Å². The molecule has 46 nitrogen and oxygen atoms in total. The number of carbonyl (C=O) groups is 19. The monoisotopic (exact) mass is 1940 g/mol. The predicted octanol–water partition coefficient (Wildman–Crippen LogP) is -5.51. The van der Waals surface area contributed by atoms with Gasteiger partial charge in [-0.1, -0.05) is 94.0 Å². The summed E-state index contributed by atoms with van der Waals surface area (Å²) < 4.78 is 6.70. The van der Waals surface area contributed by atoms with Crippen molar-refractivity contribution in [1.82, 2.24) is 97.2 Å². The quantitative estimate of drug-likeness (QED) is 0.0214. The molecule has 3 saturated heterocycles. The molecule has 3 fully saturated rings. The van der Waals surface area contributed by atoms with Crippen molar-refractivity contribution in [2.45, 2.75) is 214 Å².